The quantitative estimate of drug-likeness (QED) is 0.204. The molecule has 1 N–H and O–H groups in total. The van der Waals surface area contributed by atoms with Crippen molar-refractivity contribution in [1.29, 1.82) is 0 Å². The van der Waals surface area contributed by atoms with Crippen molar-refractivity contribution in [2.45, 2.75) is 25.4 Å². The Morgan fingerprint density at radius 1 is 0.520 bits per heavy atom. The zero-order valence-electron chi connectivity index (χ0n) is 28.1. The van der Waals surface area contributed by atoms with Gasteiger partial charge in [0.05, 0.1) is 16.7 Å². The van der Waals surface area contributed by atoms with Crippen LogP contribution >= 0.6 is 0 Å². The minimum absolute atomic E-state index is 0.190. The van der Waals surface area contributed by atoms with Crippen molar-refractivity contribution >= 4 is 44.0 Å². The summed E-state index contributed by atoms with van der Waals surface area (Å²) < 4.78 is 2.53. The van der Waals surface area contributed by atoms with E-state index in [1.165, 1.54) is 71.5 Å². The maximum atomic E-state index is 5.59. The maximum Gasteiger partial charge on any atom is 0.135 e. The molecule has 0 radical (unpaired) electrons. The summed E-state index contributed by atoms with van der Waals surface area (Å²) in [7, 11) is 0. The highest BCUT2D eigenvalue weighted by Crippen LogP contribution is 2.53. The molecular weight excluding hydrogens is 607 g/mol. The van der Waals surface area contributed by atoms with E-state index in [9.17, 15) is 0 Å². The van der Waals surface area contributed by atoms with Crippen LogP contribution in [0.25, 0.3) is 60.4 Å². The number of aromatic nitrogens is 1. The second-order valence-electron chi connectivity index (χ2n) is 14.1. The van der Waals surface area contributed by atoms with E-state index in [2.05, 4.69) is 188 Å². The van der Waals surface area contributed by atoms with Gasteiger partial charge in [-0.05, 0) is 80.6 Å². The van der Waals surface area contributed by atoms with Gasteiger partial charge in [-0.3, -0.25) is 0 Å². The van der Waals surface area contributed by atoms with Gasteiger partial charge < -0.3 is 9.88 Å². The second-order valence-corrected chi connectivity index (χ2v) is 14.1. The first-order valence-electron chi connectivity index (χ1n) is 17.4. The number of amidine groups is 1. The zero-order chi connectivity index (χ0) is 33.4. The van der Waals surface area contributed by atoms with Gasteiger partial charge in [-0.1, -0.05) is 141 Å². The number of hydrogen-bond donors (Lipinski definition) is 1. The Morgan fingerprint density at radius 2 is 1.10 bits per heavy atom. The Hall–Kier alpha value is -6.19. The number of para-hydroxylation sites is 1. The number of benzene rings is 7. The van der Waals surface area contributed by atoms with Crippen molar-refractivity contribution in [3.63, 3.8) is 0 Å². The van der Waals surface area contributed by atoms with E-state index < -0.39 is 0 Å². The number of allylic oxidation sites excluding steroid dienone is 1. The van der Waals surface area contributed by atoms with Crippen molar-refractivity contribution < 1.29 is 0 Å². The Kier molecular flexibility index (Phi) is 6.28. The zero-order valence-corrected chi connectivity index (χ0v) is 28.1. The number of aliphatic imine (C=N–C) groups is 1. The van der Waals surface area contributed by atoms with Crippen molar-refractivity contribution in [2.24, 2.45) is 4.99 Å². The van der Waals surface area contributed by atoms with Gasteiger partial charge in [0.2, 0.25) is 0 Å². The molecule has 0 fully saturated rings. The molecule has 1 aliphatic carbocycles. The Morgan fingerprint density at radius 3 is 1.82 bits per heavy atom. The maximum absolute atomic E-state index is 5.59. The molecule has 0 bridgehead atoms. The van der Waals surface area contributed by atoms with Crippen LogP contribution in [0.2, 0.25) is 0 Å². The summed E-state index contributed by atoms with van der Waals surface area (Å²) in [6.07, 6.45) is -0.190. The van der Waals surface area contributed by atoms with Crippen LogP contribution in [0.1, 0.15) is 36.7 Å². The molecule has 1 aromatic heterocycles. The SMILES string of the molecule is CC1(C)C2=C(c3ccccc31)C(n1c3ccccc3c3cc4ccccc4cc31)NC(c1cc(-c3ccccc3)cc(-c3ccccc3)c1)=N2. The Bertz CT molecular complexity index is 2640. The summed E-state index contributed by atoms with van der Waals surface area (Å²) in [4.78, 5) is 5.59. The van der Waals surface area contributed by atoms with Crippen LogP contribution in [0.3, 0.4) is 0 Å². The lowest BCUT2D eigenvalue weighted by atomic mass is 9.84. The van der Waals surface area contributed by atoms with Gasteiger partial charge in [0.15, 0.2) is 0 Å². The molecule has 238 valence electrons. The van der Waals surface area contributed by atoms with Crippen molar-refractivity contribution in [2.75, 3.05) is 0 Å². The fourth-order valence-corrected chi connectivity index (χ4v) is 8.34. The first kappa shape index (κ1) is 28.8. The number of nitrogens with zero attached hydrogens (tertiary/aromatic N) is 2. The molecule has 0 spiro atoms. The van der Waals surface area contributed by atoms with Gasteiger partial charge in [-0.25, -0.2) is 4.99 Å². The average molecular weight is 642 g/mol. The Balaban J connectivity index is 1.25. The van der Waals surface area contributed by atoms with Crippen LogP contribution in [-0.2, 0) is 5.41 Å². The van der Waals surface area contributed by atoms with E-state index in [0.29, 0.717) is 0 Å². The highest BCUT2D eigenvalue weighted by Gasteiger charge is 2.44. The normalized spacial score (nSPS) is 16.4. The van der Waals surface area contributed by atoms with Crippen LogP contribution < -0.4 is 5.32 Å². The van der Waals surface area contributed by atoms with Gasteiger partial charge in [0, 0.05) is 27.3 Å². The lowest BCUT2D eigenvalue weighted by molar-refractivity contribution is 0.584. The van der Waals surface area contributed by atoms with Crippen molar-refractivity contribution in [1.82, 2.24) is 9.88 Å². The van der Waals surface area contributed by atoms with Gasteiger partial charge in [0.1, 0.15) is 12.0 Å². The van der Waals surface area contributed by atoms with E-state index in [1.54, 1.807) is 0 Å². The molecule has 1 atom stereocenters. The monoisotopic (exact) mass is 641 g/mol. The largest absolute Gasteiger partial charge is 0.345 e. The molecule has 3 nitrogen and oxygen atoms in total. The molecule has 2 aliphatic rings. The smallest absolute Gasteiger partial charge is 0.135 e. The highest BCUT2D eigenvalue weighted by atomic mass is 15.2. The van der Waals surface area contributed by atoms with Gasteiger partial charge in [0.25, 0.3) is 0 Å². The summed E-state index contributed by atoms with van der Waals surface area (Å²) >= 11 is 0. The molecule has 3 heteroatoms. The molecule has 10 rings (SSSR count). The number of rotatable bonds is 4. The summed E-state index contributed by atoms with van der Waals surface area (Å²) in [5.74, 6) is 0.885. The molecule has 1 aliphatic heterocycles. The van der Waals surface area contributed by atoms with Crippen LogP contribution in [0.5, 0.6) is 0 Å². The van der Waals surface area contributed by atoms with Gasteiger partial charge >= 0.3 is 0 Å². The van der Waals surface area contributed by atoms with Gasteiger partial charge in [-0.2, -0.15) is 0 Å². The predicted molar refractivity (Wildman–Crippen MR) is 209 cm³/mol. The lowest BCUT2D eigenvalue weighted by Crippen LogP contribution is -2.37. The number of hydrogen-bond acceptors (Lipinski definition) is 2. The summed E-state index contributed by atoms with van der Waals surface area (Å²) in [6, 6.07) is 59.4. The fraction of sp³-hybridized carbons (Fsp3) is 0.0851. The van der Waals surface area contributed by atoms with Crippen molar-refractivity contribution in [3.8, 4) is 22.3 Å². The minimum Gasteiger partial charge on any atom is -0.345 e. The lowest BCUT2D eigenvalue weighted by Gasteiger charge is -2.32. The summed E-state index contributed by atoms with van der Waals surface area (Å²) in [5.41, 5.74) is 12.8. The number of fused-ring (bicyclic) bond motifs is 6. The first-order chi connectivity index (χ1) is 24.5. The molecule has 7 aromatic carbocycles. The second kappa shape index (κ2) is 10.9. The van der Waals surface area contributed by atoms with E-state index in [4.69, 9.17) is 4.99 Å². The first-order valence-corrected chi connectivity index (χ1v) is 17.4. The fourth-order valence-electron chi connectivity index (χ4n) is 8.34. The van der Waals surface area contributed by atoms with Crippen LogP contribution in [-0.4, -0.2) is 10.4 Å². The molecule has 2 heterocycles. The molecule has 1 unspecified atom stereocenters. The third kappa shape index (κ3) is 4.33. The topological polar surface area (TPSA) is 29.3 Å². The van der Waals surface area contributed by atoms with E-state index >= 15 is 0 Å². The third-order valence-electron chi connectivity index (χ3n) is 10.8. The molecule has 0 saturated carbocycles. The van der Waals surface area contributed by atoms with Gasteiger partial charge in [-0.15, -0.1) is 0 Å². The molecule has 0 saturated heterocycles. The molecule has 50 heavy (non-hydrogen) atoms. The van der Waals surface area contributed by atoms with Crippen LogP contribution in [0, 0.1) is 0 Å². The van der Waals surface area contributed by atoms with E-state index in [-0.39, 0.29) is 11.6 Å². The minimum atomic E-state index is -0.276. The standard InChI is InChI=1S/C47H35N3/c1-47(2)40-23-13-11-22-38(40)43-44(47)48-45(36-26-34(30-15-5-3-6-16-30)25-35(27-36)31-17-7-4-8-18-31)49-46(43)50-41-24-14-12-21-37(41)39-28-32-19-9-10-20-33(32)29-42(39)50/h3-29,46H,1-2H3,(H,48,49). The van der Waals surface area contributed by atoms with E-state index in [1.807, 2.05) is 0 Å². The van der Waals surface area contributed by atoms with Crippen LogP contribution in [0.4, 0.5) is 0 Å². The molecule has 0 amide bonds. The third-order valence-corrected chi connectivity index (χ3v) is 10.8. The summed E-state index contributed by atoms with van der Waals surface area (Å²) in [5, 5.41) is 9.07. The molecular formula is C47H35N3. The highest BCUT2D eigenvalue weighted by molar-refractivity contribution is 6.14. The Labute approximate surface area is 291 Å². The molecule has 8 aromatic rings. The summed E-state index contributed by atoms with van der Waals surface area (Å²) in [6.45, 7) is 4.65. The van der Waals surface area contributed by atoms with E-state index in [0.717, 1.165) is 17.1 Å². The number of nitrogens with one attached hydrogen (secondary N) is 1. The van der Waals surface area contributed by atoms with Crippen LogP contribution in [0.15, 0.2) is 174 Å². The van der Waals surface area contributed by atoms with Crippen molar-refractivity contribution in [3.05, 3.63) is 186 Å². The predicted octanol–water partition coefficient (Wildman–Crippen LogP) is 11.5. The average Bonchev–Trinajstić information content (AvgIpc) is 3.62.